The topological polar surface area (TPSA) is 31.4 Å². The zero-order valence-electron chi connectivity index (χ0n) is 13.4. The number of fused-ring (bicyclic) bond motifs is 4. The van der Waals surface area contributed by atoms with Crippen molar-refractivity contribution in [3.8, 4) is 0 Å². The molecule has 5 heteroatoms. The Balaban J connectivity index is 1.51. The number of halogens is 1. The van der Waals surface area contributed by atoms with Crippen molar-refractivity contribution in [1.82, 2.24) is 9.88 Å². The van der Waals surface area contributed by atoms with E-state index in [4.69, 9.17) is 16.6 Å². The minimum absolute atomic E-state index is 0.344. The Morgan fingerprint density at radius 1 is 1.21 bits per heavy atom. The van der Waals surface area contributed by atoms with Gasteiger partial charge in [0.05, 0.1) is 12.2 Å². The molecule has 122 valence electrons. The number of aromatic amines is 1. The maximum atomic E-state index is 6.18. The molecule has 0 fully saturated rings. The summed E-state index contributed by atoms with van der Waals surface area (Å²) in [5.41, 5.74) is 5.05. The van der Waals surface area contributed by atoms with Crippen LogP contribution in [0.25, 0.3) is 10.9 Å². The first-order valence-corrected chi connectivity index (χ1v) is 10.3. The van der Waals surface area contributed by atoms with Crippen LogP contribution in [0.4, 0.5) is 5.69 Å². The molecule has 0 aliphatic carbocycles. The Kier molecular flexibility index (Phi) is 3.19. The second-order valence-electron chi connectivity index (χ2n) is 6.40. The van der Waals surface area contributed by atoms with E-state index in [9.17, 15) is 0 Å². The van der Waals surface area contributed by atoms with Gasteiger partial charge in [-0.15, -0.1) is 0 Å². The van der Waals surface area contributed by atoms with Crippen molar-refractivity contribution in [1.29, 1.82) is 0 Å². The molecule has 2 aliphatic rings. The van der Waals surface area contributed by atoms with Crippen LogP contribution in [0.15, 0.2) is 52.4 Å². The summed E-state index contributed by atoms with van der Waals surface area (Å²) in [4.78, 5) is 12.4. The first kappa shape index (κ1) is 14.4. The van der Waals surface area contributed by atoms with E-state index < -0.39 is 0 Å². The van der Waals surface area contributed by atoms with Gasteiger partial charge in [-0.05, 0) is 48.6 Å². The summed E-state index contributed by atoms with van der Waals surface area (Å²) in [6, 6.07) is 14.6. The quantitative estimate of drug-likeness (QED) is 0.554. The van der Waals surface area contributed by atoms with Crippen LogP contribution in [0.5, 0.6) is 0 Å². The van der Waals surface area contributed by atoms with Gasteiger partial charge in [-0.3, -0.25) is 0 Å². The lowest BCUT2D eigenvalue weighted by Gasteiger charge is -2.31. The molecule has 5 rings (SSSR count). The van der Waals surface area contributed by atoms with Gasteiger partial charge in [0.25, 0.3) is 0 Å². The number of benzene rings is 2. The molecule has 1 aromatic heterocycles. The van der Waals surface area contributed by atoms with Crippen LogP contribution >= 0.6 is 22.5 Å². The van der Waals surface area contributed by atoms with Crippen molar-refractivity contribution in [2.45, 2.75) is 17.9 Å². The third kappa shape index (κ3) is 2.10. The number of amidine groups is 1. The van der Waals surface area contributed by atoms with Gasteiger partial charge in [0.2, 0.25) is 0 Å². The first-order valence-electron chi connectivity index (χ1n) is 8.16. The predicted octanol–water partition coefficient (Wildman–Crippen LogP) is 4.87. The van der Waals surface area contributed by atoms with E-state index in [-0.39, 0.29) is 10.9 Å². The molecule has 0 saturated carbocycles. The van der Waals surface area contributed by atoms with Gasteiger partial charge in [0.15, 0.2) is 0 Å². The van der Waals surface area contributed by atoms with Gasteiger partial charge >= 0.3 is 0 Å². The van der Waals surface area contributed by atoms with E-state index >= 15 is 0 Å². The van der Waals surface area contributed by atoms with E-state index in [0.29, 0.717) is 0 Å². The summed E-state index contributed by atoms with van der Waals surface area (Å²) < 4.78 is 0. The molecular weight excluding hydrogens is 338 g/mol. The van der Waals surface area contributed by atoms with E-state index in [1.165, 1.54) is 32.2 Å². The fraction of sp³-hybridized carbons (Fsp3) is 0.211. The van der Waals surface area contributed by atoms with Crippen LogP contribution in [0.3, 0.4) is 0 Å². The number of thiol groups is 1. The lowest BCUT2D eigenvalue weighted by atomic mass is 10.0. The summed E-state index contributed by atoms with van der Waals surface area (Å²) in [5.74, 6) is 0. The monoisotopic (exact) mass is 355 g/mol. The standard InChI is InChI=1S/C19H18ClN3S/c1-24-18-5-3-2-4-16(18)22-19(24)23-9-8-13-14-10-12(20)6-7-15(14)21-17(13)11-23/h2-7,10,21,24H,8-9,11H2,1H3. The molecule has 2 aliphatic heterocycles. The van der Waals surface area contributed by atoms with Crippen LogP contribution in [0, 0.1) is 0 Å². The van der Waals surface area contributed by atoms with Crippen molar-refractivity contribution in [2.24, 2.45) is 4.99 Å². The Hall–Kier alpha value is -1.91. The number of rotatable bonds is 0. The molecule has 0 spiro atoms. The summed E-state index contributed by atoms with van der Waals surface area (Å²) in [5, 5.41) is 3.33. The molecule has 0 saturated heterocycles. The first-order chi connectivity index (χ1) is 11.7. The SMILES string of the molecule is C[SH]1C(N2CCc3c([nH]c4ccc(Cl)cc34)C2)=Nc2ccccc21. The third-order valence-corrected chi connectivity index (χ3v) is 7.30. The Morgan fingerprint density at radius 2 is 2.08 bits per heavy atom. The van der Waals surface area contributed by atoms with Gasteiger partial charge in [0.1, 0.15) is 5.17 Å². The summed E-state index contributed by atoms with van der Waals surface area (Å²) in [6.45, 7) is 1.92. The molecule has 1 unspecified atom stereocenters. The summed E-state index contributed by atoms with van der Waals surface area (Å²) >= 11 is 6.18. The van der Waals surface area contributed by atoms with E-state index in [2.05, 4.69) is 52.5 Å². The lowest BCUT2D eigenvalue weighted by molar-refractivity contribution is 0.398. The molecule has 24 heavy (non-hydrogen) atoms. The smallest absolute Gasteiger partial charge is 0.148 e. The minimum Gasteiger partial charge on any atom is -0.357 e. The van der Waals surface area contributed by atoms with Crippen LogP contribution < -0.4 is 0 Å². The van der Waals surface area contributed by atoms with Gasteiger partial charge in [0, 0.05) is 33.1 Å². The van der Waals surface area contributed by atoms with E-state index in [0.717, 1.165) is 30.2 Å². The average molecular weight is 356 g/mol. The van der Waals surface area contributed by atoms with Gasteiger partial charge < -0.3 is 9.88 Å². The minimum atomic E-state index is -0.344. The Morgan fingerprint density at radius 3 is 2.96 bits per heavy atom. The lowest BCUT2D eigenvalue weighted by Crippen LogP contribution is -2.34. The highest BCUT2D eigenvalue weighted by atomic mass is 35.5. The molecule has 0 amide bonds. The van der Waals surface area contributed by atoms with Crippen LogP contribution in [0.1, 0.15) is 11.3 Å². The van der Waals surface area contributed by atoms with E-state index in [1.807, 2.05) is 6.07 Å². The number of nitrogens with one attached hydrogen (secondary N) is 1. The number of nitrogens with zero attached hydrogens (tertiary/aromatic N) is 2. The molecular formula is C19H18ClN3S. The zero-order chi connectivity index (χ0) is 16.3. The fourth-order valence-corrected chi connectivity index (χ4v) is 5.82. The van der Waals surface area contributed by atoms with E-state index in [1.54, 1.807) is 0 Å². The number of para-hydroxylation sites is 1. The Labute approximate surface area is 148 Å². The largest absolute Gasteiger partial charge is 0.357 e. The van der Waals surface area contributed by atoms with Crippen molar-refractivity contribution in [2.75, 3.05) is 12.8 Å². The number of hydrogen-bond donors (Lipinski definition) is 2. The highest BCUT2D eigenvalue weighted by Gasteiger charge is 2.28. The fourth-order valence-electron chi connectivity index (χ4n) is 3.80. The molecule has 1 N–H and O–H groups in total. The average Bonchev–Trinajstić information content (AvgIpc) is 3.12. The highest BCUT2D eigenvalue weighted by molar-refractivity contribution is 8.29. The van der Waals surface area contributed by atoms with Crippen molar-refractivity contribution in [3.05, 3.63) is 58.7 Å². The maximum Gasteiger partial charge on any atom is 0.148 e. The molecule has 1 atom stereocenters. The molecule has 2 aromatic carbocycles. The van der Waals surface area contributed by atoms with Crippen LogP contribution in [-0.2, 0) is 13.0 Å². The number of aliphatic imine (C=N–C) groups is 1. The molecule has 0 radical (unpaired) electrons. The Bertz CT molecular complexity index is 991. The maximum absolute atomic E-state index is 6.18. The predicted molar refractivity (Wildman–Crippen MR) is 104 cm³/mol. The second-order valence-corrected chi connectivity index (χ2v) is 8.84. The van der Waals surface area contributed by atoms with Gasteiger partial charge in [-0.2, -0.15) is 10.9 Å². The normalized spacial score (nSPS) is 20.8. The van der Waals surface area contributed by atoms with Crippen LogP contribution in [0.2, 0.25) is 5.02 Å². The zero-order valence-corrected chi connectivity index (χ0v) is 15.0. The summed E-state index contributed by atoms with van der Waals surface area (Å²) in [7, 11) is -0.344. The van der Waals surface area contributed by atoms with Gasteiger partial charge in [-0.1, -0.05) is 23.7 Å². The number of H-pyrrole nitrogens is 1. The summed E-state index contributed by atoms with van der Waals surface area (Å²) in [6.07, 6.45) is 3.36. The second kappa shape index (κ2) is 5.30. The van der Waals surface area contributed by atoms with Gasteiger partial charge in [-0.25, -0.2) is 4.99 Å². The highest BCUT2D eigenvalue weighted by Crippen LogP contribution is 2.48. The number of hydrogen-bond acceptors (Lipinski definition) is 2. The molecule has 0 bridgehead atoms. The molecule has 3 aromatic rings. The molecule has 3 nitrogen and oxygen atoms in total. The third-order valence-electron chi connectivity index (χ3n) is 4.98. The number of aromatic nitrogens is 1. The van der Waals surface area contributed by atoms with Crippen molar-refractivity contribution >= 4 is 44.3 Å². The van der Waals surface area contributed by atoms with Crippen molar-refractivity contribution in [3.63, 3.8) is 0 Å². The van der Waals surface area contributed by atoms with Crippen molar-refractivity contribution < 1.29 is 0 Å². The molecule has 3 heterocycles. The van der Waals surface area contributed by atoms with Crippen LogP contribution in [-0.4, -0.2) is 27.9 Å².